The van der Waals surface area contributed by atoms with Gasteiger partial charge in [0.15, 0.2) is 0 Å². The topological polar surface area (TPSA) is 69.6 Å². The highest BCUT2D eigenvalue weighted by Crippen LogP contribution is 1.96. The van der Waals surface area contributed by atoms with Crippen LogP contribution in [0.4, 0.5) is 0 Å². The van der Waals surface area contributed by atoms with Crippen molar-refractivity contribution in [1.82, 2.24) is 5.32 Å². The zero-order valence-electron chi connectivity index (χ0n) is 7.27. The molecule has 69 valence electrons. The lowest BCUT2D eigenvalue weighted by Gasteiger charge is -1.96. The van der Waals surface area contributed by atoms with E-state index < -0.39 is 0 Å². The number of hydrogen-bond donors (Lipinski definition) is 3. The second kappa shape index (κ2) is 7.33. The van der Waals surface area contributed by atoms with Crippen molar-refractivity contribution >= 4 is 13.6 Å². The Balaban J connectivity index is 0.000000424. The summed E-state index contributed by atoms with van der Waals surface area (Å²) < 4.78 is 0. The van der Waals surface area contributed by atoms with Crippen LogP contribution in [0.15, 0.2) is 30.3 Å². The first-order chi connectivity index (χ1) is 6.26. The van der Waals surface area contributed by atoms with Gasteiger partial charge in [-0.2, -0.15) is 0 Å². The summed E-state index contributed by atoms with van der Waals surface area (Å²) in [5, 5.41) is 16.5. The molecule has 1 aromatic carbocycles. The summed E-state index contributed by atoms with van der Waals surface area (Å²) >= 11 is 0. The lowest BCUT2D eigenvalue weighted by Crippen LogP contribution is -2.17. The lowest BCUT2D eigenvalue weighted by molar-refractivity contribution is 0.0963. The summed E-state index contributed by atoms with van der Waals surface area (Å²) in [5.74, 6) is -0.0411. The minimum Gasteiger partial charge on any atom is -0.429 e. The first-order valence-corrected chi connectivity index (χ1v) is 3.63. The summed E-state index contributed by atoms with van der Waals surface area (Å²) in [5.41, 5.74) is 0.699. The molecule has 0 aliphatic rings. The smallest absolute Gasteiger partial charge is 0.429 e. The van der Waals surface area contributed by atoms with Crippen molar-refractivity contribution in [2.45, 2.75) is 0 Å². The molecule has 1 amide bonds. The van der Waals surface area contributed by atoms with E-state index in [1.54, 1.807) is 19.2 Å². The van der Waals surface area contributed by atoms with Gasteiger partial charge >= 0.3 is 7.69 Å². The monoisotopic (exact) mass is 180 g/mol. The Morgan fingerprint density at radius 1 is 1.31 bits per heavy atom. The predicted molar refractivity (Wildman–Crippen MR) is 50.0 cm³/mol. The van der Waals surface area contributed by atoms with Crippen LogP contribution in [0.1, 0.15) is 10.4 Å². The molecule has 0 atom stereocenters. The highest BCUT2D eigenvalue weighted by Gasteiger charge is 1.97. The molecule has 0 saturated heterocycles. The Morgan fingerprint density at radius 3 is 2.15 bits per heavy atom. The zero-order valence-corrected chi connectivity index (χ0v) is 7.27. The van der Waals surface area contributed by atoms with Crippen molar-refractivity contribution in [3.8, 4) is 0 Å². The van der Waals surface area contributed by atoms with Gasteiger partial charge < -0.3 is 15.4 Å². The summed E-state index contributed by atoms with van der Waals surface area (Å²) in [6.07, 6.45) is 0. The van der Waals surface area contributed by atoms with Crippen molar-refractivity contribution in [1.29, 1.82) is 0 Å². The van der Waals surface area contributed by atoms with Gasteiger partial charge in [-0.25, -0.2) is 0 Å². The van der Waals surface area contributed by atoms with Gasteiger partial charge in [-0.1, -0.05) is 18.2 Å². The third kappa shape index (κ3) is 5.00. The van der Waals surface area contributed by atoms with Crippen LogP contribution in [0, 0.1) is 0 Å². The van der Waals surface area contributed by atoms with Gasteiger partial charge in [0.05, 0.1) is 0 Å². The molecule has 1 rings (SSSR count). The van der Waals surface area contributed by atoms with Crippen LogP contribution in [0.2, 0.25) is 0 Å². The van der Waals surface area contributed by atoms with E-state index in [0.717, 1.165) is 0 Å². The van der Waals surface area contributed by atoms with Gasteiger partial charge in [0.2, 0.25) is 0 Å². The second-order valence-corrected chi connectivity index (χ2v) is 2.06. The SMILES string of the molecule is CNC(=O)c1ccccc1.O[B]O. The Hall–Kier alpha value is -1.33. The fourth-order valence-corrected chi connectivity index (χ4v) is 0.734. The summed E-state index contributed by atoms with van der Waals surface area (Å²) in [7, 11) is 1.62. The minimum absolute atomic E-state index is 0. The maximum Gasteiger partial charge on any atom is 0.482 e. The predicted octanol–water partition coefficient (Wildman–Crippen LogP) is -0.449. The normalized spacial score (nSPS) is 7.92. The van der Waals surface area contributed by atoms with Crippen LogP contribution in [-0.2, 0) is 0 Å². The van der Waals surface area contributed by atoms with Crippen molar-refractivity contribution < 1.29 is 14.8 Å². The Morgan fingerprint density at radius 2 is 1.77 bits per heavy atom. The van der Waals surface area contributed by atoms with Crippen LogP contribution in [-0.4, -0.2) is 30.7 Å². The van der Waals surface area contributed by atoms with Gasteiger partial charge in [0.1, 0.15) is 0 Å². The largest absolute Gasteiger partial charge is 0.482 e. The van der Waals surface area contributed by atoms with Gasteiger partial charge in [-0.05, 0) is 12.1 Å². The third-order valence-electron chi connectivity index (χ3n) is 1.26. The van der Waals surface area contributed by atoms with E-state index in [1.807, 2.05) is 18.2 Å². The van der Waals surface area contributed by atoms with Crippen LogP contribution < -0.4 is 5.32 Å². The number of carbonyl (C=O) groups excluding carboxylic acids is 1. The Bertz CT molecular complexity index is 240. The summed E-state index contributed by atoms with van der Waals surface area (Å²) in [4.78, 5) is 10.9. The van der Waals surface area contributed by atoms with Crippen molar-refractivity contribution in [2.24, 2.45) is 0 Å². The zero-order chi connectivity index (χ0) is 10.1. The van der Waals surface area contributed by atoms with E-state index in [1.165, 1.54) is 0 Å². The van der Waals surface area contributed by atoms with Crippen LogP contribution in [0.25, 0.3) is 0 Å². The van der Waals surface area contributed by atoms with E-state index in [-0.39, 0.29) is 13.6 Å². The number of hydrogen-bond acceptors (Lipinski definition) is 3. The minimum atomic E-state index is -0.0411. The number of nitrogens with one attached hydrogen (secondary N) is 1. The Labute approximate surface area is 77.5 Å². The first kappa shape index (κ1) is 11.7. The molecular weight excluding hydrogens is 169 g/mol. The van der Waals surface area contributed by atoms with E-state index in [0.29, 0.717) is 5.56 Å². The molecule has 3 N–H and O–H groups in total. The molecule has 1 aromatic rings. The molecule has 0 saturated carbocycles. The highest BCUT2D eigenvalue weighted by atomic mass is 16.4. The molecule has 0 bridgehead atoms. The van der Waals surface area contributed by atoms with E-state index in [4.69, 9.17) is 10.0 Å². The highest BCUT2D eigenvalue weighted by molar-refractivity contribution is 6.13. The Kier molecular flexibility index (Phi) is 6.58. The molecule has 0 aliphatic carbocycles. The van der Waals surface area contributed by atoms with Crippen molar-refractivity contribution in [3.05, 3.63) is 35.9 Å². The number of amides is 1. The second-order valence-electron chi connectivity index (χ2n) is 2.06. The standard InChI is InChI=1S/C8H9NO.BH2O2/c1-9-8(10)7-5-3-2-4-6-7;2-1-3/h2-6H,1H3,(H,9,10);2-3H. The van der Waals surface area contributed by atoms with Gasteiger partial charge in [0, 0.05) is 12.6 Å². The number of benzene rings is 1. The molecular formula is C8H11BNO3. The molecule has 0 aromatic heterocycles. The molecule has 0 fully saturated rings. The quantitative estimate of drug-likeness (QED) is 0.512. The van der Waals surface area contributed by atoms with E-state index in [9.17, 15) is 4.79 Å². The fraction of sp³-hybridized carbons (Fsp3) is 0.125. The number of rotatable bonds is 1. The molecule has 0 heterocycles. The van der Waals surface area contributed by atoms with Crippen LogP contribution in [0.5, 0.6) is 0 Å². The number of carbonyl (C=O) groups is 1. The van der Waals surface area contributed by atoms with E-state index >= 15 is 0 Å². The van der Waals surface area contributed by atoms with Crippen molar-refractivity contribution in [2.75, 3.05) is 7.05 Å². The fourth-order valence-electron chi connectivity index (χ4n) is 0.734. The van der Waals surface area contributed by atoms with Gasteiger partial charge in [0.25, 0.3) is 5.91 Å². The van der Waals surface area contributed by atoms with Crippen LogP contribution >= 0.6 is 0 Å². The first-order valence-electron chi connectivity index (χ1n) is 3.63. The molecule has 4 nitrogen and oxygen atoms in total. The molecule has 0 spiro atoms. The van der Waals surface area contributed by atoms with Gasteiger partial charge in [-0.15, -0.1) is 0 Å². The molecule has 5 heteroatoms. The summed E-state index contributed by atoms with van der Waals surface area (Å²) in [6.45, 7) is 0. The maximum atomic E-state index is 10.9. The van der Waals surface area contributed by atoms with Crippen LogP contribution in [0.3, 0.4) is 0 Å². The molecule has 0 unspecified atom stereocenters. The summed E-state index contributed by atoms with van der Waals surface area (Å²) in [6, 6.07) is 9.11. The average molecular weight is 180 g/mol. The van der Waals surface area contributed by atoms with E-state index in [2.05, 4.69) is 5.32 Å². The lowest BCUT2D eigenvalue weighted by atomic mass is 10.2. The third-order valence-corrected chi connectivity index (χ3v) is 1.26. The molecule has 0 aliphatic heterocycles. The van der Waals surface area contributed by atoms with Gasteiger partial charge in [-0.3, -0.25) is 4.79 Å². The van der Waals surface area contributed by atoms with Crippen molar-refractivity contribution in [3.63, 3.8) is 0 Å². The molecule has 1 radical (unpaired) electrons. The average Bonchev–Trinajstić information content (AvgIpc) is 2.19. The maximum absolute atomic E-state index is 10.9. The molecule has 13 heavy (non-hydrogen) atoms.